The Bertz CT molecular complexity index is 1520. The van der Waals surface area contributed by atoms with Gasteiger partial charge in [0.05, 0.1) is 18.2 Å². The summed E-state index contributed by atoms with van der Waals surface area (Å²) in [6.45, 7) is 6.19. The van der Waals surface area contributed by atoms with Gasteiger partial charge in [-0.15, -0.1) is 0 Å². The van der Waals surface area contributed by atoms with E-state index in [9.17, 15) is 9.59 Å². The van der Waals surface area contributed by atoms with Crippen LogP contribution >= 0.6 is 0 Å². The van der Waals surface area contributed by atoms with Gasteiger partial charge in [-0.25, -0.2) is 0 Å². The summed E-state index contributed by atoms with van der Waals surface area (Å²) < 4.78 is 4.84. The predicted molar refractivity (Wildman–Crippen MR) is 162 cm³/mol. The standard InChI is InChI=1S/C35H38N2O3/c1-22(2)29-7-5-6-8-32(29)37-35(39)31-19-23(3)36-33-21-28(17-18-30(31)33)27-15-13-26(14-16-27)25-11-9-24(10-12-25)20-34(38)40-4/h5-8,13-19,21-22,24-25H,9-12,20H2,1-4H3,(H,37,39)/t24-,25-. The zero-order valence-corrected chi connectivity index (χ0v) is 23.9. The number of benzene rings is 3. The van der Waals surface area contributed by atoms with E-state index in [4.69, 9.17) is 9.72 Å². The molecule has 0 radical (unpaired) electrons. The lowest BCUT2D eigenvalue weighted by Crippen LogP contribution is -2.17. The third kappa shape index (κ3) is 6.09. The first kappa shape index (κ1) is 27.6. The van der Waals surface area contributed by atoms with Crippen LogP contribution in [0.5, 0.6) is 0 Å². The van der Waals surface area contributed by atoms with Crippen LogP contribution in [-0.2, 0) is 9.53 Å². The molecular weight excluding hydrogens is 496 g/mol. The van der Waals surface area contributed by atoms with E-state index in [0.29, 0.717) is 29.7 Å². The number of nitrogens with one attached hydrogen (secondary N) is 1. The van der Waals surface area contributed by atoms with Crippen molar-refractivity contribution in [1.82, 2.24) is 4.98 Å². The molecule has 1 heterocycles. The maximum Gasteiger partial charge on any atom is 0.305 e. The van der Waals surface area contributed by atoms with Crippen molar-refractivity contribution in [3.63, 3.8) is 0 Å². The molecule has 5 heteroatoms. The molecule has 0 atom stereocenters. The molecule has 5 rings (SSSR count). The fraction of sp³-hybridized carbons (Fsp3) is 0.343. The smallest absolute Gasteiger partial charge is 0.305 e. The summed E-state index contributed by atoms with van der Waals surface area (Å²) in [4.78, 5) is 29.8. The first-order valence-electron chi connectivity index (χ1n) is 14.3. The Morgan fingerprint density at radius 3 is 2.33 bits per heavy atom. The second-order valence-electron chi connectivity index (χ2n) is 11.4. The van der Waals surface area contributed by atoms with E-state index in [2.05, 4.69) is 61.6 Å². The quantitative estimate of drug-likeness (QED) is 0.242. The molecule has 1 fully saturated rings. The van der Waals surface area contributed by atoms with Gasteiger partial charge in [0.25, 0.3) is 5.91 Å². The summed E-state index contributed by atoms with van der Waals surface area (Å²) in [5.74, 6) is 1.06. The number of methoxy groups -OCH3 is 1. The maximum atomic E-state index is 13.4. The number of amides is 1. The summed E-state index contributed by atoms with van der Waals surface area (Å²) in [5.41, 5.74) is 7.78. The van der Waals surface area contributed by atoms with Gasteiger partial charge < -0.3 is 10.1 Å². The van der Waals surface area contributed by atoms with E-state index in [1.165, 1.54) is 12.7 Å². The highest BCUT2D eigenvalue weighted by molar-refractivity contribution is 6.13. The molecule has 0 saturated heterocycles. The molecule has 1 aliphatic carbocycles. The predicted octanol–water partition coefficient (Wildman–Crippen LogP) is 8.42. The molecule has 5 nitrogen and oxygen atoms in total. The number of carbonyl (C=O) groups is 2. The van der Waals surface area contributed by atoms with E-state index < -0.39 is 0 Å². The number of aromatic nitrogens is 1. The number of carbonyl (C=O) groups excluding carboxylic acids is 2. The fourth-order valence-electron chi connectivity index (χ4n) is 6.00. The molecular formula is C35H38N2O3. The Balaban J connectivity index is 1.34. The van der Waals surface area contributed by atoms with Crippen LogP contribution in [0.25, 0.3) is 22.0 Å². The third-order valence-corrected chi connectivity index (χ3v) is 8.26. The molecule has 0 aliphatic heterocycles. The zero-order valence-electron chi connectivity index (χ0n) is 23.9. The van der Waals surface area contributed by atoms with Gasteiger partial charge in [-0.3, -0.25) is 14.6 Å². The lowest BCUT2D eigenvalue weighted by molar-refractivity contribution is -0.142. The highest BCUT2D eigenvalue weighted by Gasteiger charge is 2.24. The van der Waals surface area contributed by atoms with Crippen LogP contribution in [-0.4, -0.2) is 24.0 Å². The first-order valence-corrected chi connectivity index (χ1v) is 14.3. The van der Waals surface area contributed by atoms with Crippen LogP contribution in [0, 0.1) is 12.8 Å². The number of para-hydroxylation sites is 1. The molecule has 1 saturated carbocycles. The molecule has 1 aromatic heterocycles. The van der Waals surface area contributed by atoms with Crippen molar-refractivity contribution >= 4 is 28.5 Å². The zero-order chi connectivity index (χ0) is 28.2. The van der Waals surface area contributed by atoms with Gasteiger partial charge in [0.1, 0.15) is 0 Å². The van der Waals surface area contributed by atoms with Gasteiger partial charge in [-0.2, -0.15) is 0 Å². The van der Waals surface area contributed by atoms with E-state index in [-0.39, 0.29) is 11.9 Å². The van der Waals surface area contributed by atoms with Crippen LogP contribution in [0.15, 0.2) is 72.8 Å². The minimum absolute atomic E-state index is 0.0999. The molecule has 0 unspecified atom stereocenters. The number of hydrogen-bond donors (Lipinski definition) is 1. The van der Waals surface area contributed by atoms with E-state index >= 15 is 0 Å². The van der Waals surface area contributed by atoms with Gasteiger partial charge in [-0.1, -0.05) is 68.4 Å². The van der Waals surface area contributed by atoms with E-state index in [0.717, 1.165) is 64.7 Å². The van der Waals surface area contributed by atoms with Gasteiger partial charge in [-0.05, 0) is 90.8 Å². The van der Waals surface area contributed by atoms with Crippen LogP contribution in [0.4, 0.5) is 5.69 Å². The van der Waals surface area contributed by atoms with Gasteiger partial charge in [0.15, 0.2) is 0 Å². The Morgan fingerprint density at radius 2 is 1.62 bits per heavy atom. The third-order valence-electron chi connectivity index (χ3n) is 8.26. The summed E-state index contributed by atoms with van der Waals surface area (Å²) >= 11 is 0. The van der Waals surface area contributed by atoms with Crippen molar-refractivity contribution in [3.05, 3.63) is 95.2 Å². The summed E-state index contributed by atoms with van der Waals surface area (Å²) in [7, 11) is 1.46. The minimum atomic E-state index is -0.123. The van der Waals surface area contributed by atoms with Crippen LogP contribution < -0.4 is 5.32 Å². The van der Waals surface area contributed by atoms with Crippen LogP contribution in [0.1, 0.15) is 85.0 Å². The first-order chi connectivity index (χ1) is 19.3. The van der Waals surface area contributed by atoms with Crippen molar-refractivity contribution in [2.45, 2.75) is 64.7 Å². The average Bonchev–Trinajstić information content (AvgIpc) is 2.97. The van der Waals surface area contributed by atoms with Crippen LogP contribution in [0.2, 0.25) is 0 Å². The number of ether oxygens (including phenoxy) is 1. The number of hydrogen-bond acceptors (Lipinski definition) is 4. The lowest BCUT2D eigenvalue weighted by Gasteiger charge is -2.28. The van der Waals surface area contributed by atoms with Crippen molar-refractivity contribution < 1.29 is 14.3 Å². The molecule has 4 aromatic rings. The van der Waals surface area contributed by atoms with Crippen molar-refractivity contribution in [1.29, 1.82) is 0 Å². The van der Waals surface area contributed by atoms with Crippen LogP contribution in [0.3, 0.4) is 0 Å². The molecule has 206 valence electrons. The SMILES string of the molecule is COC(=O)C[C@H]1CC[C@H](c2ccc(-c3ccc4c(C(=O)Nc5ccccc5C(C)C)cc(C)nc4c3)cc2)CC1. The minimum Gasteiger partial charge on any atom is -0.469 e. The number of nitrogens with zero attached hydrogens (tertiary/aromatic N) is 1. The number of aryl methyl sites for hydroxylation is 1. The van der Waals surface area contributed by atoms with Gasteiger partial charge in [0, 0.05) is 23.2 Å². The average molecular weight is 535 g/mol. The second-order valence-corrected chi connectivity index (χ2v) is 11.4. The van der Waals surface area contributed by atoms with E-state index in [1.807, 2.05) is 37.3 Å². The van der Waals surface area contributed by atoms with E-state index in [1.54, 1.807) is 0 Å². The number of rotatable bonds is 7. The molecule has 0 spiro atoms. The molecule has 3 aromatic carbocycles. The molecule has 0 bridgehead atoms. The fourth-order valence-corrected chi connectivity index (χ4v) is 6.00. The number of pyridine rings is 1. The molecule has 1 aliphatic rings. The normalized spacial score (nSPS) is 17.1. The second kappa shape index (κ2) is 12.0. The summed E-state index contributed by atoms with van der Waals surface area (Å²) in [5, 5.41) is 3.98. The van der Waals surface area contributed by atoms with Crippen molar-refractivity contribution in [2.75, 3.05) is 12.4 Å². The molecule has 1 N–H and O–H groups in total. The maximum absolute atomic E-state index is 13.4. The highest BCUT2D eigenvalue weighted by atomic mass is 16.5. The Kier molecular flexibility index (Phi) is 8.29. The Labute approximate surface area is 237 Å². The number of esters is 1. The monoisotopic (exact) mass is 534 g/mol. The van der Waals surface area contributed by atoms with Crippen molar-refractivity contribution in [3.8, 4) is 11.1 Å². The highest BCUT2D eigenvalue weighted by Crippen LogP contribution is 2.38. The number of anilines is 1. The van der Waals surface area contributed by atoms with Gasteiger partial charge in [0.2, 0.25) is 0 Å². The summed E-state index contributed by atoms with van der Waals surface area (Å²) in [6.07, 6.45) is 4.87. The largest absolute Gasteiger partial charge is 0.469 e. The Morgan fingerprint density at radius 1 is 0.925 bits per heavy atom. The summed E-state index contributed by atoms with van der Waals surface area (Å²) in [6, 6.07) is 24.8. The van der Waals surface area contributed by atoms with Crippen molar-refractivity contribution in [2.24, 2.45) is 5.92 Å². The van der Waals surface area contributed by atoms with Gasteiger partial charge >= 0.3 is 5.97 Å². The number of fused-ring (bicyclic) bond motifs is 1. The Hall–Kier alpha value is -3.99. The molecule has 1 amide bonds. The topological polar surface area (TPSA) is 68.3 Å². The molecule has 40 heavy (non-hydrogen) atoms. The lowest BCUT2D eigenvalue weighted by atomic mass is 9.77.